The Hall–Kier alpha value is -0.500. The van der Waals surface area contributed by atoms with Gasteiger partial charge in [0, 0.05) is 12.6 Å². The van der Waals surface area contributed by atoms with Crippen LogP contribution in [0.4, 0.5) is 0 Å². The first-order chi connectivity index (χ1) is 9.40. The monoisotopic (exact) mass is 320 g/mol. The molecule has 1 aromatic heterocycles. The first-order valence-electron chi connectivity index (χ1n) is 6.69. The second-order valence-electron chi connectivity index (χ2n) is 4.83. The maximum atomic E-state index is 12.3. The predicted molar refractivity (Wildman–Crippen MR) is 83.6 cm³/mol. The molecule has 0 fully saturated rings. The van der Waals surface area contributed by atoms with Gasteiger partial charge in [0.05, 0.1) is 6.54 Å². The third kappa shape index (κ3) is 5.12. The van der Waals surface area contributed by atoms with Crippen molar-refractivity contribution in [3.63, 3.8) is 0 Å². The molecule has 1 heterocycles. The van der Waals surface area contributed by atoms with Gasteiger partial charge in [0.15, 0.2) is 0 Å². The Morgan fingerprint density at radius 3 is 2.75 bits per heavy atom. The van der Waals surface area contributed by atoms with Crippen LogP contribution in [0.3, 0.4) is 0 Å². The van der Waals surface area contributed by atoms with Crippen molar-refractivity contribution in [2.24, 2.45) is 5.92 Å². The molecule has 20 heavy (non-hydrogen) atoms. The average Bonchev–Trinajstić information content (AvgIpc) is 2.76. The van der Waals surface area contributed by atoms with Gasteiger partial charge in [-0.25, -0.2) is 13.1 Å². The van der Waals surface area contributed by atoms with Crippen LogP contribution in [0, 0.1) is 12.8 Å². The molecule has 116 valence electrons. The second-order valence-corrected chi connectivity index (χ2v) is 7.47. The van der Waals surface area contributed by atoms with Gasteiger partial charge in [0.25, 0.3) is 0 Å². The van der Waals surface area contributed by atoms with Crippen LogP contribution in [0.1, 0.15) is 25.4 Å². The van der Waals surface area contributed by atoms with Crippen molar-refractivity contribution in [2.75, 3.05) is 25.1 Å². The standard InChI is InChI=1S/C13H24N2O3S2/c1-5-14-8-12-6-13(11(3)18-12)20(16,17)15-7-10(2)9-19-4/h6,10,14-15H,5,7-9H2,1-4H3. The summed E-state index contributed by atoms with van der Waals surface area (Å²) in [5.41, 5.74) is 0. The summed E-state index contributed by atoms with van der Waals surface area (Å²) in [5, 5.41) is 3.11. The van der Waals surface area contributed by atoms with E-state index in [4.69, 9.17) is 4.42 Å². The lowest BCUT2D eigenvalue weighted by molar-refractivity contribution is 0.460. The molecule has 1 rings (SSSR count). The van der Waals surface area contributed by atoms with E-state index in [0.29, 0.717) is 30.5 Å². The Morgan fingerprint density at radius 1 is 1.45 bits per heavy atom. The zero-order valence-electron chi connectivity index (χ0n) is 12.5. The van der Waals surface area contributed by atoms with Gasteiger partial charge in [-0.05, 0) is 31.4 Å². The summed E-state index contributed by atoms with van der Waals surface area (Å²) >= 11 is 1.71. The summed E-state index contributed by atoms with van der Waals surface area (Å²) in [6.07, 6.45) is 2.01. The van der Waals surface area contributed by atoms with Gasteiger partial charge in [-0.15, -0.1) is 0 Å². The molecule has 0 radical (unpaired) electrons. The normalized spacial score (nSPS) is 13.6. The molecule has 5 nitrogen and oxygen atoms in total. The maximum Gasteiger partial charge on any atom is 0.244 e. The topological polar surface area (TPSA) is 71.3 Å². The van der Waals surface area contributed by atoms with Crippen LogP contribution in [-0.4, -0.2) is 33.5 Å². The number of hydrogen-bond acceptors (Lipinski definition) is 5. The minimum atomic E-state index is -3.49. The Bertz CT molecular complexity index is 512. The fourth-order valence-electron chi connectivity index (χ4n) is 1.80. The fourth-order valence-corrected chi connectivity index (χ4v) is 3.85. The van der Waals surface area contributed by atoms with Gasteiger partial charge in [-0.1, -0.05) is 13.8 Å². The van der Waals surface area contributed by atoms with E-state index in [1.54, 1.807) is 24.8 Å². The molecule has 7 heteroatoms. The molecule has 1 unspecified atom stereocenters. The van der Waals surface area contributed by atoms with Gasteiger partial charge in [-0.2, -0.15) is 11.8 Å². The van der Waals surface area contributed by atoms with E-state index in [0.717, 1.165) is 12.3 Å². The Balaban J connectivity index is 2.74. The Morgan fingerprint density at radius 2 is 2.15 bits per heavy atom. The summed E-state index contributed by atoms with van der Waals surface area (Å²) in [4.78, 5) is 0.238. The predicted octanol–water partition coefficient (Wildman–Crippen LogP) is 1.97. The summed E-state index contributed by atoms with van der Waals surface area (Å²) < 4.78 is 32.6. The molecule has 0 saturated heterocycles. The van der Waals surface area contributed by atoms with Crippen molar-refractivity contribution in [1.82, 2.24) is 10.0 Å². The smallest absolute Gasteiger partial charge is 0.244 e. The second kappa shape index (κ2) is 8.07. The van der Waals surface area contributed by atoms with Crippen LogP contribution in [-0.2, 0) is 16.6 Å². The van der Waals surface area contributed by atoms with Crippen LogP contribution >= 0.6 is 11.8 Å². The van der Waals surface area contributed by atoms with Crippen molar-refractivity contribution in [2.45, 2.75) is 32.2 Å². The lowest BCUT2D eigenvalue weighted by Gasteiger charge is -2.11. The molecule has 1 aromatic rings. The number of aryl methyl sites for hydroxylation is 1. The number of hydrogen-bond donors (Lipinski definition) is 2. The molecule has 0 aliphatic heterocycles. The highest BCUT2D eigenvalue weighted by molar-refractivity contribution is 7.98. The lowest BCUT2D eigenvalue weighted by atomic mass is 10.2. The minimum absolute atomic E-state index is 0.238. The zero-order chi connectivity index (χ0) is 15.2. The van der Waals surface area contributed by atoms with Crippen molar-refractivity contribution in [3.05, 3.63) is 17.6 Å². The first-order valence-corrected chi connectivity index (χ1v) is 9.57. The van der Waals surface area contributed by atoms with Gasteiger partial charge >= 0.3 is 0 Å². The third-order valence-corrected chi connectivity index (χ3v) is 5.27. The summed E-state index contributed by atoms with van der Waals surface area (Å²) in [6.45, 7) is 7.48. The van der Waals surface area contributed by atoms with E-state index in [2.05, 4.69) is 10.0 Å². The molecular weight excluding hydrogens is 296 g/mol. The van der Waals surface area contributed by atoms with Gasteiger partial charge in [-0.3, -0.25) is 0 Å². The largest absolute Gasteiger partial charge is 0.464 e. The van der Waals surface area contributed by atoms with E-state index in [1.807, 2.05) is 20.1 Å². The molecule has 0 saturated carbocycles. The molecule has 0 aliphatic carbocycles. The van der Waals surface area contributed by atoms with E-state index in [1.165, 1.54) is 0 Å². The maximum absolute atomic E-state index is 12.3. The van der Waals surface area contributed by atoms with Gasteiger partial charge in [0.1, 0.15) is 16.4 Å². The zero-order valence-corrected chi connectivity index (χ0v) is 14.2. The number of furan rings is 1. The number of rotatable bonds is 9. The SMILES string of the molecule is CCNCc1cc(S(=O)(=O)NCC(C)CSC)c(C)o1. The lowest BCUT2D eigenvalue weighted by Crippen LogP contribution is -2.29. The number of nitrogens with one attached hydrogen (secondary N) is 2. The van der Waals surface area contributed by atoms with E-state index >= 15 is 0 Å². The van der Waals surface area contributed by atoms with Crippen molar-refractivity contribution >= 4 is 21.8 Å². The number of sulfonamides is 1. The first kappa shape index (κ1) is 17.6. The van der Waals surface area contributed by atoms with E-state index < -0.39 is 10.0 Å². The molecule has 0 aromatic carbocycles. The highest BCUT2D eigenvalue weighted by atomic mass is 32.2. The van der Waals surface area contributed by atoms with Crippen molar-refractivity contribution < 1.29 is 12.8 Å². The summed E-state index contributed by atoms with van der Waals surface area (Å²) in [5.74, 6) is 2.30. The van der Waals surface area contributed by atoms with Crippen LogP contribution in [0.25, 0.3) is 0 Å². The average molecular weight is 320 g/mol. The van der Waals surface area contributed by atoms with Crippen LogP contribution in [0.2, 0.25) is 0 Å². The molecule has 1 atom stereocenters. The summed E-state index contributed by atoms with van der Waals surface area (Å²) in [6, 6.07) is 1.60. The molecule has 0 amide bonds. The Labute approximate surface area is 125 Å². The highest BCUT2D eigenvalue weighted by Crippen LogP contribution is 2.20. The molecule has 0 aliphatic rings. The molecule has 2 N–H and O–H groups in total. The third-order valence-electron chi connectivity index (χ3n) is 2.84. The molecule has 0 bridgehead atoms. The van der Waals surface area contributed by atoms with Crippen LogP contribution in [0.5, 0.6) is 0 Å². The van der Waals surface area contributed by atoms with Crippen LogP contribution < -0.4 is 10.0 Å². The van der Waals surface area contributed by atoms with Crippen molar-refractivity contribution in [3.8, 4) is 0 Å². The van der Waals surface area contributed by atoms with Crippen LogP contribution in [0.15, 0.2) is 15.4 Å². The number of thioether (sulfide) groups is 1. The van der Waals surface area contributed by atoms with Gasteiger partial charge in [0.2, 0.25) is 10.0 Å². The highest BCUT2D eigenvalue weighted by Gasteiger charge is 2.21. The summed E-state index contributed by atoms with van der Waals surface area (Å²) in [7, 11) is -3.49. The minimum Gasteiger partial charge on any atom is -0.464 e. The molecular formula is C13H24N2O3S2. The van der Waals surface area contributed by atoms with Crippen molar-refractivity contribution in [1.29, 1.82) is 0 Å². The van der Waals surface area contributed by atoms with Gasteiger partial charge < -0.3 is 9.73 Å². The quantitative estimate of drug-likeness (QED) is 0.728. The van der Waals surface area contributed by atoms with E-state index in [9.17, 15) is 8.42 Å². The molecule has 0 spiro atoms. The van der Waals surface area contributed by atoms with E-state index in [-0.39, 0.29) is 4.90 Å². The Kier molecular flexibility index (Phi) is 7.08. The fraction of sp³-hybridized carbons (Fsp3) is 0.692.